The average Bonchev–Trinajstić information content (AvgIpc) is 2.55. The zero-order chi connectivity index (χ0) is 12.6. The highest BCUT2D eigenvalue weighted by Crippen LogP contribution is 2.21. The van der Waals surface area contributed by atoms with Gasteiger partial charge in [-0.05, 0) is 50.6 Å². The summed E-state index contributed by atoms with van der Waals surface area (Å²) in [6.07, 6.45) is 0. The van der Waals surface area contributed by atoms with Crippen LogP contribution in [0.15, 0.2) is 28.7 Å². The summed E-state index contributed by atoms with van der Waals surface area (Å²) in [7, 11) is 0. The Balaban J connectivity index is 2.47. The summed E-state index contributed by atoms with van der Waals surface area (Å²) in [6, 6.07) is 7.09. The van der Waals surface area contributed by atoms with E-state index in [0.717, 1.165) is 11.3 Å². The second-order valence-corrected chi connectivity index (χ2v) is 4.61. The van der Waals surface area contributed by atoms with Crippen molar-refractivity contribution in [2.45, 2.75) is 20.8 Å². The number of ketones is 1. The number of hydrogen-bond donors (Lipinski definition) is 0. The molecule has 0 aliphatic rings. The highest BCUT2D eigenvalue weighted by atomic mass is 35.5. The van der Waals surface area contributed by atoms with Crippen LogP contribution < -0.4 is 0 Å². The summed E-state index contributed by atoms with van der Waals surface area (Å²) in [5, 5.41) is 0.575. The Labute approximate surface area is 105 Å². The van der Waals surface area contributed by atoms with E-state index in [1.54, 1.807) is 19.1 Å². The SMILES string of the molecule is Cc1cc(Cl)cc(C(=O)c2cc(C)oc2C)c1. The molecule has 0 fully saturated rings. The van der Waals surface area contributed by atoms with Gasteiger partial charge >= 0.3 is 0 Å². The zero-order valence-corrected chi connectivity index (χ0v) is 10.8. The largest absolute Gasteiger partial charge is 0.466 e. The Kier molecular flexibility index (Phi) is 3.07. The molecule has 2 aromatic rings. The highest BCUT2D eigenvalue weighted by Gasteiger charge is 2.16. The van der Waals surface area contributed by atoms with Gasteiger partial charge in [0.15, 0.2) is 5.78 Å². The quantitative estimate of drug-likeness (QED) is 0.750. The van der Waals surface area contributed by atoms with Crippen molar-refractivity contribution >= 4 is 17.4 Å². The second-order valence-electron chi connectivity index (χ2n) is 4.17. The van der Waals surface area contributed by atoms with Gasteiger partial charge in [0.25, 0.3) is 0 Å². The summed E-state index contributed by atoms with van der Waals surface area (Å²) in [6.45, 7) is 5.53. The number of aryl methyl sites for hydroxylation is 3. The summed E-state index contributed by atoms with van der Waals surface area (Å²) in [4.78, 5) is 12.3. The molecule has 0 amide bonds. The topological polar surface area (TPSA) is 30.2 Å². The van der Waals surface area contributed by atoms with Gasteiger partial charge in [-0.15, -0.1) is 0 Å². The van der Waals surface area contributed by atoms with Gasteiger partial charge in [0.1, 0.15) is 11.5 Å². The van der Waals surface area contributed by atoms with Crippen molar-refractivity contribution in [2.75, 3.05) is 0 Å². The number of carbonyl (C=O) groups excluding carboxylic acids is 1. The van der Waals surface area contributed by atoms with Crippen LogP contribution in [0, 0.1) is 20.8 Å². The fourth-order valence-corrected chi connectivity index (χ4v) is 2.17. The van der Waals surface area contributed by atoms with Crippen molar-refractivity contribution in [2.24, 2.45) is 0 Å². The van der Waals surface area contributed by atoms with E-state index < -0.39 is 0 Å². The molecule has 3 heteroatoms. The predicted molar refractivity (Wildman–Crippen MR) is 67.8 cm³/mol. The molecule has 0 unspecified atom stereocenters. The van der Waals surface area contributed by atoms with Gasteiger partial charge in [-0.3, -0.25) is 4.79 Å². The fraction of sp³-hybridized carbons (Fsp3) is 0.214. The molecule has 0 radical (unpaired) electrons. The summed E-state index contributed by atoms with van der Waals surface area (Å²) < 4.78 is 5.36. The van der Waals surface area contributed by atoms with Crippen molar-refractivity contribution in [3.05, 3.63) is 57.5 Å². The first-order chi connectivity index (χ1) is 7.97. The number of benzene rings is 1. The van der Waals surface area contributed by atoms with E-state index in [4.69, 9.17) is 16.0 Å². The first-order valence-corrected chi connectivity index (χ1v) is 5.74. The maximum Gasteiger partial charge on any atom is 0.196 e. The van der Waals surface area contributed by atoms with Crippen molar-refractivity contribution in [1.29, 1.82) is 0 Å². The molecule has 1 aromatic carbocycles. The first kappa shape index (κ1) is 11.9. The maximum absolute atomic E-state index is 12.3. The van der Waals surface area contributed by atoms with Crippen LogP contribution in [-0.4, -0.2) is 5.78 Å². The molecule has 0 aliphatic carbocycles. The molecule has 1 aromatic heterocycles. The predicted octanol–water partition coefficient (Wildman–Crippen LogP) is 4.09. The van der Waals surface area contributed by atoms with Crippen molar-refractivity contribution in [1.82, 2.24) is 0 Å². The van der Waals surface area contributed by atoms with Crippen LogP contribution in [0.3, 0.4) is 0 Å². The third kappa shape index (κ3) is 2.42. The van der Waals surface area contributed by atoms with Gasteiger partial charge < -0.3 is 4.42 Å². The minimum absolute atomic E-state index is 0.0510. The smallest absolute Gasteiger partial charge is 0.196 e. The number of furan rings is 1. The molecule has 0 saturated heterocycles. The van der Waals surface area contributed by atoms with Gasteiger partial charge in [0.05, 0.1) is 5.56 Å². The van der Waals surface area contributed by atoms with Crippen LogP contribution in [0.25, 0.3) is 0 Å². The molecule has 0 N–H and O–H groups in total. The molecule has 0 aliphatic heterocycles. The molecule has 1 heterocycles. The van der Waals surface area contributed by atoms with E-state index in [0.29, 0.717) is 21.9 Å². The van der Waals surface area contributed by atoms with E-state index >= 15 is 0 Å². The molecule has 2 nitrogen and oxygen atoms in total. The van der Waals surface area contributed by atoms with Crippen molar-refractivity contribution in [3.63, 3.8) is 0 Å². The van der Waals surface area contributed by atoms with E-state index in [1.807, 2.05) is 26.0 Å². The third-order valence-corrected chi connectivity index (χ3v) is 2.81. The number of halogens is 1. The standard InChI is InChI=1S/C14H13ClO2/c1-8-4-11(7-12(15)5-8)14(16)13-6-9(2)17-10(13)3/h4-7H,1-3H3. The van der Waals surface area contributed by atoms with Crippen molar-refractivity contribution < 1.29 is 9.21 Å². The van der Waals surface area contributed by atoms with Crippen LogP contribution in [0.1, 0.15) is 33.0 Å². The molecule has 0 saturated carbocycles. The van der Waals surface area contributed by atoms with E-state index in [9.17, 15) is 4.79 Å². The molecule has 0 spiro atoms. The fourth-order valence-electron chi connectivity index (χ4n) is 1.88. The lowest BCUT2D eigenvalue weighted by atomic mass is 10.0. The first-order valence-electron chi connectivity index (χ1n) is 5.36. The van der Waals surface area contributed by atoms with Gasteiger partial charge in [-0.2, -0.15) is 0 Å². The second kappa shape index (κ2) is 4.38. The van der Waals surface area contributed by atoms with Gasteiger partial charge in [0.2, 0.25) is 0 Å². The number of carbonyl (C=O) groups is 1. The Morgan fingerprint density at radius 1 is 1.12 bits per heavy atom. The Hall–Kier alpha value is -1.54. The minimum Gasteiger partial charge on any atom is -0.466 e. The van der Waals surface area contributed by atoms with Crippen LogP contribution in [-0.2, 0) is 0 Å². The molecule has 88 valence electrons. The Morgan fingerprint density at radius 3 is 2.35 bits per heavy atom. The molecule has 0 atom stereocenters. The van der Waals surface area contributed by atoms with Crippen LogP contribution >= 0.6 is 11.6 Å². The minimum atomic E-state index is -0.0510. The van der Waals surface area contributed by atoms with Gasteiger partial charge in [0, 0.05) is 10.6 Å². The molecular weight excluding hydrogens is 236 g/mol. The maximum atomic E-state index is 12.3. The lowest BCUT2D eigenvalue weighted by molar-refractivity contribution is 0.103. The van der Waals surface area contributed by atoms with Crippen LogP contribution in [0.2, 0.25) is 5.02 Å². The zero-order valence-electron chi connectivity index (χ0n) is 10.0. The summed E-state index contributed by atoms with van der Waals surface area (Å²) in [5.41, 5.74) is 2.17. The van der Waals surface area contributed by atoms with E-state index in [1.165, 1.54) is 0 Å². The Bertz CT molecular complexity index is 562. The molecule has 17 heavy (non-hydrogen) atoms. The molecule has 0 bridgehead atoms. The lowest BCUT2D eigenvalue weighted by Gasteiger charge is -2.02. The van der Waals surface area contributed by atoms with Crippen LogP contribution in [0.4, 0.5) is 0 Å². The van der Waals surface area contributed by atoms with Gasteiger partial charge in [-0.1, -0.05) is 11.6 Å². The summed E-state index contributed by atoms with van der Waals surface area (Å²) in [5.74, 6) is 1.33. The molecular formula is C14H13ClO2. The van der Waals surface area contributed by atoms with E-state index in [2.05, 4.69) is 0 Å². The third-order valence-electron chi connectivity index (χ3n) is 2.59. The number of rotatable bonds is 2. The summed E-state index contributed by atoms with van der Waals surface area (Å²) >= 11 is 5.95. The Morgan fingerprint density at radius 2 is 1.82 bits per heavy atom. The van der Waals surface area contributed by atoms with Gasteiger partial charge in [-0.25, -0.2) is 0 Å². The van der Waals surface area contributed by atoms with E-state index in [-0.39, 0.29) is 5.78 Å². The lowest BCUT2D eigenvalue weighted by Crippen LogP contribution is -2.01. The monoisotopic (exact) mass is 248 g/mol. The average molecular weight is 249 g/mol. The number of hydrogen-bond acceptors (Lipinski definition) is 2. The van der Waals surface area contributed by atoms with Crippen molar-refractivity contribution in [3.8, 4) is 0 Å². The highest BCUT2D eigenvalue weighted by molar-refractivity contribution is 6.31. The molecule has 2 rings (SSSR count). The van der Waals surface area contributed by atoms with Crippen LogP contribution in [0.5, 0.6) is 0 Å². The normalized spacial score (nSPS) is 10.6.